The van der Waals surface area contributed by atoms with Crippen LogP contribution in [0.1, 0.15) is 19.8 Å². The van der Waals surface area contributed by atoms with Gasteiger partial charge in [0, 0.05) is 37.2 Å². The number of nitrogens with zero attached hydrogens (tertiary/aromatic N) is 2. The normalized spacial score (nSPS) is 34.1. The van der Waals surface area contributed by atoms with E-state index < -0.39 is 0 Å². The molecule has 0 saturated carbocycles. The molecule has 14 heavy (non-hydrogen) atoms. The number of hydrogen-bond donors (Lipinski definition) is 2. The molecule has 0 aliphatic carbocycles. The first-order valence-corrected chi connectivity index (χ1v) is 6.13. The van der Waals surface area contributed by atoms with Crippen molar-refractivity contribution < 1.29 is 5.21 Å². The summed E-state index contributed by atoms with van der Waals surface area (Å²) in [6.07, 6.45) is 2.24. The monoisotopic (exact) mass is 219 g/mol. The van der Waals surface area contributed by atoms with Crippen molar-refractivity contribution in [3.63, 3.8) is 0 Å². The van der Waals surface area contributed by atoms with Crippen molar-refractivity contribution in [3.8, 4) is 0 Å². The summed E-state index contributed by atoms with van der Waals surface area (Å²) in [5, 5.41) is 13.0. The third-order valence-corrected chi connectivity index (χ3v) is 4.49. The van der Waals surface area contributed by atoms with Crippen molar-refractivity contribution in [2.24, 2.45) is 5.73 Å². The highest BCUT2D eigenvalue weighted by Gasteiger charge is 2.31. The maximum absolute atomic E-state index is 9.35. The molecule has 3 atom stereocenters. The summed E-state index contributed by atoms with van der Waals surface area (Å²) >= 11 is 1.95. The molecule has 1 aliphatic rings. The maximum atomic E-state index is 9.35. The largest absolute Gasteiger partial charge is 0.326 e. The van der Waals surface area contributed by atoms with Crippen LogP contribution in [0.4, 0.5) is 0 Å². The van der Waals surface area contributed by atoms with Gasteiger partial charge in [0.2, 0.25) is 0 Å². The molecule has 1 rings (SSSR count). The Morgan fingerprint density at radius 1 is 1.50 bits per heavy atom. The van der Waals surface area contributed by atoms with Crippen molar-refractivity contribution in [2.45, 2.75) is 37.1 Å². The first kappa shape index (κ1) is 12.3. The first-order valence-electron chi connectivity index (χ1n) is 5.08. The van der Waals surface area contributed by atoms with Gasteiger partial charge in [-0.05, 0) is 12.8 Å². The number of rotatable bonds is 3. The van der Waals surface area contributed by atoms with E-state index >= 15 is 0 Å². The molecule has 4 nitrogen and oxygen atoms in total. The highest BCUT2D eigenvalue weighted by Crippen LogP contribution is 2.29. The van der Waals surface area contributed by atoms with Crippen molar-refractivity contribution >= 4 is 11.8 Å². The standard InChI is InChI=1S/C9H21N3OS/c1-4-7-5-9(8(10)6-14-7)11(2)12(3)13/h7-9,13H,4-6,10H2,1-3H3/t7-,8-,9+/m0/s1. The van der Waals surface area contributed by atoms with Crippen LogP contribution >= 0.6 is 11.8 Å². The lowest BCUT2D eigenvalue weighted by atomic mass is 10.0. The summed E-state index contributed by atoms with van der Waals surface area (Å²) in [4.78, 5) is 0. The second-order valence-electron chi connectivity index (χ2n) is 3.89. The van der Waals surface area contributed by atoms with Crippen LogP contribution in [-0.4, -0.2) is 52.6 Å². The van der Waals surface area contributed by atoms with E-state index in [1.807, 2.05) is 23.8 Å². The van der Waals surface area contributed by atoms with E-state index in [4.69, 9.17) is 5.73 Å². The Hall–Kier alpha value is 0.190. The lowest BCUT2D eigenvalue weighted by Crippen LogP contribution is -2.55. The molecule has 0 aromatic rings. The van der Waals surface area contributed by atoms with E-state index in [0.717, 1.165) is 17.3 Å². The van der Waals surface area contributed by atoms with Crippen molar-refractivity contribution in [3.05, 3.63) is 0 Å². The van der Waals surface area contributed by atoms with Gasteiger partial charge in [0.1, 0.15) is 0 Å². The average molecular weight is 219 g/mol. The van der Waals surface area contributed by atoms with E-state index in [1.165, 1.54) is 6.42 Å². The van der Waals surface area contributed by atoms with E-state index in [1.54, 1.807) is 7.05 Å². The summed E-state index contributed by atoms with van der Waals surface area (Å²) in [7, 11) is 3.52. The smallest absolute Gasteiger partial charge is 0.0434 e. The molecule has 0 radical (unpaired) electrons. The zero-order valence-electron chi connectivity index (χ0n) is 9.18. The molecule has 1 fully saturated rings. The summed E-state index contributed by atoms with van der Waals surface area (Å²) in [5.41, 5.74) is 6.03. The van der Waals surface area contributed by atoms with Crippen LogP contribution < -0.4 is 5.73 Å². The molecule has 3 N–H and O–H groups in total. The number of hydrogen-bond acceptors (Lipinski definition) is 5. The van der Waals surface area contributed by atoms with Crippen LogP contribution in [0, 0.1) is 0 Å². The Bertz CT molecular complexity index is 179. The quantitative estimate of drug-likeness (QED) is 0.687. The molecule has 0 aromatic carbocycles. The second kappa shape index (κ2) is 5.32. The number of thioether (sulfide) groups is 1. The Morgan fingerprint density at radius 3 is 2.64 bits per heavy atom. The molecule has 0 spiro atoms. The van der Waals surface area contributed by atoms with Gasteiger partial charge in [0.05, 0.1) is 0 Å². The van der Waals surface area contributed by atoms with Gasteiger partial charge in [-0.15, -0.1) is 5.17 Å². The zero-order chi connectivity index (χ0) is 10.7. The molecule has 84 valence electrons. The van der Waals surface area contributed by atoms with E-state index in [0.29, 0.717) is 5.25 Å². The highest BCUT2D eigenvalue weighted by atomic mass is 32.2. The van der Waals surface area contributed by atoms with Gasteiger partial charge in [-0.3, -0.25) is 5.21 Å². The van der Waals surface area contributed by atoms with Gasteiger partial charge < -0.3 is 5.73 Å². The van der Waals surface area contributed by atoms with Crippen LogP contribution in [0.2, 0.25) is 0 Å². The van der Waals surface area contributed by atoms with Crippen molar-refractivity contribution in [2.75, 3.05) is 19.8 Å². The molecule has 1 saturated heterocycles. The summed E-state index contributed by atoms with van der Waals surface area (Å²) < 4.78 is 0. The molecular weight excluding hydrogens is 198 g/mol. The number of hydroxylamine groups is 1. The Balaban J connectivity index is 2.55. The van der Waals surface area contributed by atoms with Crippen molar-refractivity contribution in [1.29, 1.82) is 0 Å². The minimum Gasteiger partial charge on any atom is -0.326 e. The zero-order valence-corrected chi connectivity index (χ0v) is 10.00. The molecule has 5 heteroatoms. The second-order valence-corrected chi connectivity index (χ2v) is 5.23. The Morgan fingerprint density at radius 2 is 2.14 bits per heavy atom. The first-order chi connectivity index (χ1) is 6.56. The number of hydrazine groups is 1. The van der Waals surface area contributed by atoms with Crippen LogP contribution in [0.25, 0.3) is 0 Å². The van der Waals surface area contributed by atoms with Crippen molar-refractivity contribution in [1.82, 2.24) is 10.2 Å². The summed E-state index contributed by atoms with van der Waals surface area (Å²) in [6, 6.07) is 0.415. The predicted octanol–water partition coefficient (Wildman–Crippen LogP) is 0.766. The van der Waals surface area contributed by atoms with E-state index in [2.05, 4.69) is 6.92 Å². The minimum absolute atomic E-state index is 0.155. The van der Waals surface area contributed by atoms with Crippen LogP contribution in [0.15, 0.2) is 0 Å². The van der Waals surface area contributed by atoms with Gasteiger partial charge in [-0.2, -0.15) is 11.8 Å². The summed E-state index contributed by atoms with van der Waals surface area (Å²) in [5.74, 6) is 0.987. The minimum atomic E-state index is 0.155. The van der Waals surface area contributed by atoms with Gasteiger partial charge in [0.15, 0.2) is 0 Å². The Kier molecular flexibility index (Phi) is 4.66. The molecule has 1 heterocycles. The molecule has 0 amide bonds. The molecule has 0 bridgehead atoms. The average Bonchev–Trinajstić information content (AvgIpc) is 2.17. The molecule has 0 unspecified atom stereocenters. The maximum Gasteiger partial charge on any atom is 0.0434 e. The molecule has 0 aromatic heterocycles. The lowest BCUT2D eigenvalue weighted by molar-refractivity contribution is -0.234. The fraction of sp³-hybridized carbons (Fsp3) is 1.00. The van der Waals surface area contributed by atoms with Crippen LogP contribution in [0.5, 0.6) is 0 Å². The van der Waals surface area contributed by atoms with E-state index in [-0.39, 0.29) is 12.1 Å². The van der Waals surface area contributed by atoms with Gasteiger partial charge in [-0.1, -0.05) is 6.92 Å². The fourth-order valence-electron chi connectivity index (χ4n) is 1.80. The van der Waals surface area contributed by atoms with Crippen LogP contribution in [0.3, 0.4) is 0 Å². The summed E-state index contributed by atoms with van der Waals surface area (Å²) in [6.45, 7) is 2.20. The number of likely N-dealkylation sites (N-methyl/N-ethyl adjacent to an activating group) is 1. The molecule has 1 aliphatic heterocycles. The lowest BCUT2D eigenvalue weighted by Gasteiger charge is -2.40. The highest BCUT2D eigenvalue weighted by molar-refractivity contribution is 8.00. The third-order valence-electron chi connectivity index (χ3n) is 2.91. The third kappa shape index (κ3) is 2.84. The number of nitrogens with two attached hydrogens (primary N) is 1. The molecular formula is C9H21N3OS. The predicted molar refractivity (Wildman–Crippen MR) is 60.2 cm³/mol. The fourth-order valence-corrected chi connectivity index (χ4v) is 3.08. The Labute approximate surface area is 90.4 Å². The van der Waals surface area contributed by atoms with Gasteiger partial charge in [-0.25, -0.2) is 5.01 Å². The SMILES string of the molecule is CC[C@H]1C[C@@H](N(C)N(C)O)[C@@H](N)CS1. The van der Waals surface area contributed by atoms with Crippen LogP contribution in [-0.2, 0) is 0 Å². The topological polar surface area (TPSA) is 52.7 Å². The van der Waals surface area contributed by atoms with Gasteiger partial charge >= 0.3 is 0 Å². The van der Waals surface area contributed by atoms with E-state index in [9.17, 15) is 5.21 Å². The van der Waals surface area contributed by atoms with Gasteiger partial charge in [0.25, 0.3) is 0 Å².